The van der Waals surface area contributed by atoms with Gasteiger partial charge in [-0.15, -0.1) is 0 Å². The Balaban J connectivity index is 2.35. The molecule has 0 radical (unpaired) electrons. The van der Waals surface area contributed by atoms with Crippen LogP contribution in [0, 0.1) is 0 Å². The van der Waals surface area contributed by atoms with E-state index in [-0.39, 0.29) is 11.9 Å². The zero-order valence-electron chi connectivity index (χ0n) is 9.47. The van der Waals surface area contributed by atoms with Gasteiger partial charge in [-0.3, -0.25) is 4.79 Å². The van der Waals surface area contributed by atoms with Gasteiger partial charge in [0.1, 0.15) is 5.75 Å². The van der Waals surface area contributed by atoms with Gasteiger partial charge in [0.05, 0.1) is 11.5 Å². The molecule has 92 valence electrons. The van der Waals surface area contributed by atoms with Crippen molar-refractivity contribution in [2.24, 2.45) is 0 Å². The number of carboxylic acid groups (broad SMARTS) is 1. The van der Waals surface area contributed by atoms with E-state index in [1.54, 1.807) is 12.1 Å². The second-order valence-electron chi connectivity index (χ2n) is 4.67. The van der Waals surface area contributed by atoms with E-state index in [1.807, 2.05) is 0 Å². The van der Waals surface area contributed by atoms with Crippen molar-refractivity contribution in [1.29, 1.82) is 0 Å². The SMILES string of the molecule is O=C(O)C1(c2ccc(O)cc2)CCC(O)CC1. The van der Waals surface area contributed by atoms with Crippen LogP contribution in [0.1, 0.15) is 31.2 Å². The first-order valence-electron chi connectivity index (χ1n) is 5.75. The predicted octanol–water partition coefficient (Wildman–Crippen LogP) is 1.65. The highest BCUT2D eigenvalue weighted by atomic mass is 16.4. The summed E-state index contributed by atoms with van der Waals surface area (Å²) in [6.45, 7) is 0. The topological polar surface area (TPSA) is 77.8 Å². The lowest BCUT2D eigenvalue weighted by Crippen LogP contribution is -2.40. The summed E-state index contributed by atoms with van der Waals surface area (Å²) in [6, 6.07) is 6.32. The summed E-state index contributed by atoms with van der Waals surface area (Å²) in [5, 5.41) is 28.2. The van der Waals surface area contributed by atoms with Gasteiger partial charge in [-0.25, -0.2) is 0 Å². The molecule has 0 bridgehead atoms. The molecule has 0 aliphatic heterocycles. The Bertz CT molecular complexity index is 402. The van der Waals surface area contributed by atoms with Gasteiger partial charge < -0.3 is 15.3 Å². The maximum absolute atomic E-state index is 11.5. The molecule has 4 heteroatoms. The van der Waals surface area contributed by atoms with Gasteiger partial charge in [-0.1, -0.05) is 12.1 Å². The van der Waals surface area contributed by atoms with Crippen molar-refractivity contribution in [3.63, 3.8) is 0 Å². The number of benzene rings is 1. The molecule has 2 rings (SSSR count). The largest absolute Gasteiger partial charge is 0.508 e. The number of carboxylic acids is 1. The summed E-state index contributed by atoms with van der Waals surface area (Å²) < 4.78 is 0. The third kappa shape index (κ3) is 2.13. The summed E-state index contributed by atoms with van der Waals surface area (Å²) in [5.41, 5.74) is -0.206. The molecule has 17 heavy (non-hydrogen) atoms. The molecular formula is C13H16O4. The number of aromatic hydroxyl groups is 1. The molecule has 1 fully saturated rings. The number of phenols is 1. The van der Waals surface area contributed by atoms with Crippen molar-refractivity contribution >= 4 is 5.97 Å². The van der Waals surface area contributed by atoms with Crippen molar-refractivity contribution in [2.75, 3.05) is 0 Å². The minimum atomic E-state index is -0.910. The normalized spacial score (nSPS) is 28.9. The van der Waals surface area contributed by atoms with Crippen molar-refractivity contribution in [2.45, 2.75) is 37.2 Å². The van der Waals surface area contributed by atoms with Crippen molar-refractivity contribution in [1.82, 2.24) is 0 Å². The van der Waals surface area contributed by atoms with Crippen molar-refractivity contribution < 1.29 is 20.1 Å². The molecule has 1 saturated carbocycles. The van der Waals surface area contributed by atoms with E-state index in [4.69, 9.17) is 0 Å². The number of hydrogen-bond donors (Lipinski definition) is 3. The van der Waals surface area contributed by atoms with Crippen LogP contribution in [0.25, 0.3) is 0 Å². The Kier molecular flexibility index (Phi) is 3.07. The zero-order chi connectivity index (χ0) is 12.5. The first-order chi connectivity index (χ1) is 8.04. The first kappa shape index (κ1) is 11.9. The monoisotopic (exact) mass is 236 g/mol. The van der Waals surface area contributed by atoms with Crippen LogP contribution in [0.4, 0.5) is 0 Å². The van der Waals surface area contributed by atoms with Gasteiger partial charge in [0, 0.05) is 0 Å². The average Bonchev–Trinajstić information content (AvgIpc) is 2.31. The molecule has 1 aliphatic carbocycles. The van der Waals surface area contributed by atoms with Crippen LogP contribution in [0.3, 0.4) is 0 Å². The highest BCUT2D eigenvalue weighted by Crippen LogP contribution is 2.40. The van der Waals surface area contributed by atoms with Gasteiger partial charge in [0.25, 0.3) is 0 Å². The first-order valence-corrected chi connectivity index (χ1v) is 5.75. The molecule has 0 heterocycles. The molecule has 0 atom stereocenters. The van der Waals surface area contributed by atoms with Gasteiger partial charge in [0.15, 0.2) is 0 Å². The van der Waals surface area contributed by atoms with E-state index in [9.17, 15) is 20.1 Å². The van der Waals surface area contributed by atoms with E-state index in [0.29, 0.717) is 31.2 Å². The van der Waals surface area contributed by atoms with Gasteiger partial charge in [0.2, 0.25) is 0 Å². The number of aliphatic hydroxyl groups excluding tert-OH is 1. The molecule has 1 aliphatic rings. The second-order valence-corrected chi connectivity index (χ2v) is 4.67. The molecule has 1 aromatic rings. The summed E-state index contributed by atoms with van der Waals surface area (Å²) in [7, 11) is 0. The van der Waals surface area contributed by atoms with E-state index >= 15 is 0 Å². The fourth-order valence-electron chi connectivity index (χ4n) is 2.50. The molecule has 0 unspecified atom stereocenters. The molecule has 4 nitrogen and oxygen atoms in total. The number of phenolic OH excluding ortho intramolecular Hbond substituents is 1. The van der Waals surface area contributed by atoms with Crippen LogP contribution in [0.2, 0.25) is 0 Å². The van der Waals surface area contributed by atoms with Crippen LogP contribution in [0.5, 0.6) is 5.75 Å². The second kappa shape index (κ2) is 4.37. The van der Waals surface area contributed by atoms with E-state index in [1.165, 1.54) is 12.1 Å². The Morgan fingerprint density at radius 1 is 1.18 bits per heavy atom. The fourth-order valence-corrected chi connectivity index (χ4v) is 2.50. The molecule has 1 aromatic carbocycles. The van der Waals surface area contributed by atoms with Crippen LogP contribution < -0.4 is 0 Å². The zero-order valence-corrected chi connectivity index (χ0v) is 9.47. The number of hydrogen-bond acceptors (Lipinski definition) is 3. The van der Waals surface area contributed by atoms with Crippen LogP contribution in [0.15, 0.2) is 24.3 Å². The molecular weight excluding hydrogens is 220 g/mol. The third-order valence-electron chi connectivity index (χ3n) is 3.64. The molecule has 3 N–H and O–H groups in total. The minimum absolute atomic E-state index is 0.130. The standard InChI is InChI=1S/C13H16O4/c14-10-3-1-9(2-4-10)13(12(16)17)7-5-11(15)6-8-13/h1-4,11,14-15H,5-8H2,(H,16,17). The molecule has 0 aromatic heterocycles. The summed E-state index contributed by atoms with van der Waals surface area (Å²) >= 11 is 0. The smallest absolute Gasteiger partial charge is 0.314 e. The van der Waals surface area contributed by atoms with Crippen LogP contribution in [-0.4, -0.2) is 27.4 Å². The van der Waals surface area contributed by atoms with Crippen LogP contribution in [-0.2, 0) is 10.2 Å². The quantitative estimate of drug-likeness (QED) is 0.729. The fraction of sp³-hybridized carbons (Fsp3) is 0.462. The van der Waals surface area contributed by atoms with Gasteiger partial charge in [-0.2, -0.15) is 0 Å². The number of aliphatic hydroxyl groups is 1. The molecule has 0 saturated heterocycles. The van der Waals surface area contributed by atoms with E-state index in [2.05, 4.69) is 0 Å². The van der Waals surface area contributed by atoms with Crippen molar-refractivity contribution in [3.05, 3.63) is 29.8 Å². The van der Waals surface area contributed by atoms with E-state index < -0.39 is 11.4 Å². The summed E-state index contributed by atoms with van der Waals surface area (Å²) in [4.78, 5) is 11.5. The maximum atomic E-state index is 11.5. The maximum Gasteiger partial charge on any atom is 0.314 e. The van der Waals surface area contributed by atoms with Gasteiger partial charge >= 0.3 is 5.97 Å². The van der Waals surface area contributed by atoms with Crippen molar-refractivity contribution in [3.8, 4) is 5.75 Å². The average molecular weight is 236 g/mol. The lowest BCUT2D eigenvalue weighted by molar-refractivity contribution is -0.146. The lowest BCUT2D eigenvalue weighted by atomic mass is 9.69. The number of rotatable bonds is 2. The third-order valence-corrected chi connectivity index (χ3v) is 3.64. The molecule has 0 spiro atoms. The number of carbonyl (C=O) groups is 1. The van der Waals surface area contributed by atoms with E-state index in [0.717, 1.165) is 0 Å². The highest BCUT2D eigenvalue weighted by Gasteiger charge is 2.43. The Labute approximate surface area is 99.5 Å². The Morgan fingerprint density at radius 2 is 1.71 bits per heavy atom. The minimum Gasteiger partial charge on any atom is -0.508 e. The summed E-state index contributed by atoms with van der Waals surface area (Å²) in [6.07, 6.45) is 1.50. The predicted molar refractivity (Wildman–Crippen MR) is 61.9 cm³/mol. The summed E-state index contributed by atoms with van der Waals surface area (Å²) in [5.74, 6) is -0.722. The number of aliphatic carboxylic acids is 1. The molecule has 0 amide bonds. The Morgan fingerprint density at radius 3 is 2.18 bits per heavy atom. The van der Waals surface area contributed by atoms with Gasteiger partial charge in [-0.05, 0) is 43.4 Å². The highest BCUT2D eigenvalue weighted by molar-refractivity contribution is 5.81. The van der Waals surface area contributed by atoms with Crippen LogP contribution >= 0.6 is 0 Å². The Hall–Kier alpha value is -1.55. The lowest BCUT2D eigenvalue weighted by Gasteiger charge is -2.35.